The molecule has 3 aliphatic rings. The first kappa shape index (κ1) is 14.6. The van der Waals surface area contributed by atoms with Crippen molar-refractivity contribution in [3.05, 3.63) is 125 Å². The molecule has 0 nitrogen and oxygen atoms in total. The van der Waals surface area contributed by atoms with E-state index in [0.29, 0.717) is 0 Å². The Morgan fingerprint density at radius 3 is 2.22 bits per heavy atom. The third-order valence-electron chi connectivity index (χ3n) is 5.68. The standard InChI is InChI=1S/C27H17/c1-2-8-18(7-1)27-23-12-6-5-11-21(23)17-26-24(27)14-13-22-15-19-9-3-4-10-20(19)16-25(22)26/h1-17H/q-1. The van der Waals surface area contributed by atoms with Crippen LogP contribution in [-0.4, -0.2) is 0 Å². The van der Waals surface area contributed by atoms with Crippen LogP contribution >= 0.6 is 0 Å². The van der Waals surface area contributed by atoms with E-state index in [1.807, 2.05) is 0 Å². The van der Waals surface area contributed by atoms with Gasteiger partial charge in [0, 0.05) is 0 Å². The average Bonchev–Trinajstić information content (AvgIpc) is 3.25. The van der Waals surface area contributed by atoms with E-state index in [2.05, 4.69) is 103 Å². The van der Waals surface area contributed by atoms with Crippen LogP contribution in [0.4, 0.5) is 0 Å². The van der Waals surface area contributed by atoms with Crippen molar-refractivity contribution < 1.29 is 0 Å². The van der Waals surface area contributed by atoms with Crippen molar-refractivity contribution in [2.45, 2.75) is 0 Å². The van der Waals surface area contributed by atoms with Crippen molar-refractivity contribution in [2.75, 3.05) is 0 Å². The molecule has 0 spiro atoms. The molecule has 0 heterocycles. The quantitative estimate of drug-likeness (QED) is 0.391. The van der Waals surface area contributed by atoms with E-state index < -0.39 is 0 Å². The fraction of sp³-hybridized carbons (Fsp3) is 0. The highest BCUT2D eigenvalue weighted by molar-refractivity contribution is 6.13. The molecule has 6 rings (SSSR count). The van der Waals surface area contributed by atoms with Crippen molar-refractivity contribution in [2.24, 2.45) is 0 Å². The smallest absolute Gasteiger partial charge is 0.0194 e. The van der Waals surface area contributed by atoms with Gasteiger partial charge in [-0.05, 0) is 10.8 Å². The Balaban J connectivity index is 1.67. The van der Waals surface area contributed by atoms with Crippen LogP contribution in [0.25, 0.3) is 34.1 Å². The summed E-state index contributed by atoms with van der Waals surface area (Å²) in [5, 5.41) is 2.59. The molecule has 0 radical (unpaired) electrons. The third-order valence-corrected chi connectivity index (χ3v) is 5.68. The van der Waals surface area contributed by atoms with E-state index >= 15 is 0 Å². The summed E-state index contributed by atoms with van der Waals surface area (Å²) in [6.45, 7) is 0. The highest BCUT2D eigenvalue weighted by atomic mass is 14.3. The number of allylic oxidation sites excluding steroid dienone is 8. The first-order valence-corrected chi connectivity index (χ1v) is 9.37. The summed E-state index contributed by atoms with van der Waals surface area (Å²) in [4.78, 5) is 0. The molecule has 0 unspecified atom stereocenters. The van der Waals surface area contributed by atoms with Gasteiger partial charge in [0.2, 0.25) is 0 Å². The zero-order valence-corrected chi connectivity index (χ0v) is 14.8. The van der Waals surface area contributed by atoms with Gasteiger partial charge in [-0.15, -0.1) is 18.2 Å². The lowest BCUT2D eigenvalue weighted by Crippen LogP contribution is -2.12. The van der Waals surface area contributed by atoms with Gasteiger partial charge < -0.3 is 0 Å². The zero-order valence-electron chi connectivity index (χ0n) is 14.8. The van der Waals surface area contributed by atoms with Crippen LogP contribution in [0, 0.1) is 5.92 Å². The van der Waals surface area contributed by atoms with Crippen molar-refractivity contribution in [3.63, 3.8) is 0 Å². The molecule has 3 aromatic carbocycles. The van der Waals surface area contributed by atoms with Crippen LogP contribution in [0.3, 0.4) is 0 Å². The summed E-state index contributed by atoms with van der Waals surface area (Å²) in [5.41, 5.74) is 9.18. The van der Waals surface area contributed by atoms with E-state index in [0.717, 1.165) is 0 Å². The highest BCUT2D eigenvalue weighted by Crippen LogP contribution is 2.50. The highest BCUT2D eigenvalue weighted by Gasteiger charge is 2.24. The van der Waals surface area contributed by atoms with Crippen LogP contribution in [0.2, 0.25) is 0 Å². The van der Waals surface area contributed by atoms with Gasteiger partial charge in [0.05, 0.1) is 0 Å². The number of benzene rings is 3. The maximum absolute atomic E-state index is 2.36. The molecule has 3 aromatic rings. The van der Waals surface area contributed by atoms with E-state index in [-0.39, 0.29) is 0 Å². The Labute approximate surface area is 159 Å². The van der Waals surface area contributed by atoms with E-state index in [4.69, 9.17) is 0 Å². The van der Waals surface area contributed by atoms with Gasteiger partial charge in [0.15, 0.2) is 0 Å². The van der Waals surface area contributed by atoms with Gasteiger partial charge in [-0.3, -0.25) is 0 Å². The molecular formula is C27H17-. The molecular weight excluding hydrogens is 324 g/mol. The monoisotopic (exact) mass is 341 g/mol. The Kier molecular flexibility index (Phi) is 2.98. The lowest BCUT2D eigenvalue weighted by molar-refractivity contribution is 1.38. The first-order valence-electron chi connectivity index (χ1n) is 9.37. The SMILES string of the molecule is C1=CC(=C2c3ccccc3C=C3c4cc5ccccc5cc4C=C[C-]32)C=C1. The summed E-state index contributed by atoms with van der Waals surface area (Å²) in [7, 11) is 0. The normalized spacial score (nSPS) is 16.4. The van der Waals surface area contributed by atoms with E-state index in [1.54, 1.807) is 0 Å². The maximum atomic E-state index is 2.36. The number of fused-ring (bicyclic) bond motifs is 5. The van der Waals surface area contributed by atoms with Gasteiger partial charge >= 0.3 is 0 Å². The predicted molar refractivity (Wildman–Crippen MR) is 116 cm³/mol. The number of hydrogen-bond acceptors (Lipinski definition) is 0. The first-order chi connectivity index (χ1) is 13.4. The van der Waals surface area contributed by atoms with Crippen LogP contribution < -0.4 is 0 Å². The summed E-state index contributed by atoms with van der Waals surface area (Å²) < 4.78 is 0. The fourth-order valence-corrected chi connectivity index (χ4v) is 4.41. The van der Waals surface area contributed by atoms with Gasteiger partial charge in [-0.25, -0.2) is 0 Å². The number of rotatable bonds is 0. The van der Waals surface area contributed by atoms with E-state index in [9.17, 15) is 0 Å². The average molecular weight is 341 g/mol. The van der Waals surface area contributed by atoms with Crippen LogP contribution in [-0.2, 0) is 0 Å². The van der Waals surface area contributed by atoms with Crippen molar-refractivity contribution in [3.8, 4) is 0 Å². The molecule has 0 N–H and O–H groups in total. The zero-order chi connectivity index (χ0) is 17.8. The summed E-state index contributed by atoms with van der Waals surface area (Å²) in [5.74, 6) is 1.32. The molecule has 0 fully saturated rings. The molecule has 27 heavy (non-hydrogen) atoms. The molecule has 0 aromatic heterocycles. The van der Waals surface area contributed by atoms with Crippen molar-refractivity contribution in [1.29, 1.82) is 0 Å². The second kappa shape index (κ2) is 5.49. The molecule has 0 heteroatoms. The summed E-state index contributed by atoms with van der Waals surface area (Å²) in [6, 6.07) is 22.0. The second-order valence-electron chi connectivity index (χ2n) is 7.23. The van der Waals surface area contributed by atoms with Crippen LogP contribution in [0.15, 0.2) is 96.6 Å². The maximum Gasteiger partial charge on any atom is -0.0194 e. The third kappa shape index (κ3) is 2.14. The second-order valence-corrected chi connectivity index (χ2v) is 7.23. The number of hydrogen-bond donors (Lipinski definition) is 0. The summed E-state index contributed by atoms with van der Waals surface area (Å²) >= 11 is 0. The molecule has 0 saturated carbocycles. The molecule has 0 saturated heterocycles. The Morgan fingerprint density at radius 2 is 1.37 bits per heavy atom. The van der Waals surface area contributed by atoms with Gasteiger partial charge in [-0.2, -0.15) is 0 Å². The Hall–Kier alpha value is -3.51. The van der Waals surface area contributed by atoms with Crippen LogP contribution in [0.1, 0.15) is 22.3 Å². The summed E-state index contributed by atoms with van der Waals surface area (Å²) in [6.07, 6.45) is 15.6. The topological polar surface area (TPSA) is 0 Å². The van der Waals surface area contributed by atoms with Gasteiger partial charge in [0.25, 0.3) is 0 Å². The molecule has 126 valence electrons. The molecule has 0 aliphatic heterocycles. The van der Waals surface area contributed by atoms with Gasteiger partial charge in [0.1, 0.15) is 0 Å². The van der Waals surface area contributed by atoms with E-state index in [1.165, 1.54) is 55.7 Å². The minimum absolute atomic E-state index is 1.29. The fourth-order valence-electron chi connectivity index (χ4n) is 4.41. The predicted octanol–water partition coefficient (Wildman–Crippen LogP) is 6.87. The van der Waals surface area contributed by atoms with Crippen molar-refractivity contribution >= 4 is 34.1 Å². The Bertz CT molecular complexity index is 1240. The molecule has 3 aliphatic carbocycles. The van der Waals surface area contributed by atoms with Crippen molar-refractivity contribution in [1.82, 2.24) is 0 Å². The molecule has 0 bridgehead atoms. The minimum Gasteiger partial charge on any atom is -0.110 e. The minimum atomic E-state index is 1.29. The molecule has 0 atom stereocenters. The van der Waals surface area contributed by atoms with Gasteiger partial charge in [-0.1, -0.05) is 130 Å². The molecule has 0 amide bonds. The van der Waals surface area contributed by atoms with Crippen LogP contribution in [0.5, 0.6) is 0 Å². The largest absolute Gasteiger partial charge is 0.110 e. The Morgan fingerprint density at radius 1 is 0.630 bits per heavy atom. The lowest BCUT2D eigenvalue weighted by Gasteiger charge is -2.38. The lowest BCUT2D eigenvalue weighted by atomic mass is 9.71.